The summed E-state index contributed by atoms with van der Waals surface area (Å²) in [7, 11) is 1.79. The highest BCUT2D eigenvalue weighted by Gasteiger charge is 2.33. The van der Waals surface area contributed by atoms with Gasteiger partial charge in [-0.25, -0.2) is 14.8 Å². The smallest absolute Gasteiger partial charge is 0.335 e. The fraction of sp³-hybridized carbons (Fsp3) is 0.300. The first-order valence-electron chi connectivity index (χ1n) is 9.27. The number of rotatable bonds is 5. The number of carboxylic acid groups (broad SMARTS) is 2. The predicted molar refractivity (Wildman–Crippen MR) is 106 cm³/mol. The van der Waals surface area contributed by atoms with Crippen molar-refractivity contribution in [3.63, 3.8) is 0 Å². The number of aliphatic carboxylic acids is 1. The second-order valence-electron chi connectivity index (χ2n) is 7.05. The largest absolute Gasteiger partial charge is 0.480 e. The van der Waals surface area contributed by atoms with Crippen molar-refractivity contribution < 1.29 is 19.8 Å². The molecule has 3 aromatic rings. The molecular weight excluding hydrogens is 374 g/mol. The molecule has 2 N–H and O–H groups in total. The van der Waals surface area contributed by atoms with E-state index >= 15 is 0 Å². The summed E-state index contributed by atoms with van der Waals surface area (Å²) < 4.78 is 1.78. The number of hydrogen-bond donors (Lipinski definition) is 2. The molecule has 29 heavy (non-hydrogen) atoms. The van der Waals surface area contributed by atoms with E-state index in [1.165, 1.54) is 6.07 Å². The normalized spacial score (nSPS) is 16.1. The molecule has 0 spiro atoms. The van der Waals surface area contributed by atoms with Gasteiger partial charge < -0.3 is 19.7 Å². The molecule has 1 aliphatic heterocycles. The highest BCUT2D eigenvalue weighted by molar-refractivity contribution is 5.96. The summed E-state index contributed by atoms with van der Waals surface area (Å²) in [5, 5.41) is 20.0. The van der Waals surface area contributed by atoms with Crippen molar-refractivity contribution in [3.05, 3.63) is 54.0 Å². The second kappa shape index (κ2) is 7.51. The molecule has 1 aromatic carbocycles. The molecule has 0 aliphatic carbocycles. The van der Waals surface area contributed by atoms with Crippen LogP contribution in [0.15, 0.2) is 42.9 Å². The fourth-order valence-corrected chi connectivity index (χ4v) is 3.89. The molecule has 1 unspecified atom stereocenters. The SMILES string of the molecule is Cn1cc(C(C(=O)O)N2CCN(c3ncccn3)CC2)c2ccc(C(=O)O)cc21. The van der Waals surface area contributed by atoms with Gasteiger partial charge in [0.1, 0.15) is 6.04 Å². The Bertz CT molecular complexity index is 1060. The molecule has 2 aromatic heterocycles. The highest BCUT2D eigenvalue weighted by Crippen LogP contribution is 2.31. The molecule has 1 aliphatic rings. The average Bonchev–Trinajstić information content (AvgIpc) is 3.05. The van der Waals surface area contributed by atoms with Crippen molar-refractivity contribution in [2.75, 3.05) is 31.1 Å². The van der Waals surface area contributed by atoms with Gasteiger partial charge in [0.15, 0.2) is 0 Å². The summed E-state index contributed by atoms with van der Waals surface area (Å²) in [6.07, 6.45) is 5.16. The van der Waals surface area contributed by atoms with Crippen LogP contribution in [0.25, 0.3) is 10.9 Å². The van der Waals surface area contributed by atoms with Crippen molar-refractivity contribution in [3.8, 4) is 0 Å². The summed E-state index contributed by atoms with van der Waals surface area (Å²) in [6, 6.07) is 5.73. The summed E-state index contributed by atoms with van der Waals surface area (Å²) in [5.41, 5.74) is 1.53. The zero-order chi connectivity index (χ0) is 20.5. The third-order valence-corrected chi connectivity index (χ3v) is 5.31. The highest BCUT2D eigenvalue weighted by atomic mass is 16.4. The van der Waals surface area contributed by atoms with Crippen molar-refractivity contribution in [1.29, 1.82) is 0 Å². The summed E-state index contributed by atoms with van der Waals surface area (Å²) in [4.78, 5) is 36.0. The maximum atomic E-state index is 12.2. The van der Waals surface area contributed by atoms with Gasteiger partial charge in [-0.05, 0) is 18.2 Å². The summed E-state index contributed by atoms with van der Waals surface area (Å²) >= 11 is 0. The number of piperazine rings is 1. The Kier molecular flexibility index (Phi) is 4.89. The minimum atomic E-state index is -1.01. The first-order chi connectivity index (χ1) is 14.0. The lowest BCUT2D eigenvalue weighted by molar-refractivity contribution is -0.143. The molecule has 150 valence electrons. The maximum absolute atomic E-state index is 12.2. The van der Waals surface area contributed by atoms with E-state index in [0.717, 1.165) is 5.39 Å². The Morgan fingerprint density at radius 2 is 1.76 bits per heavy atom. The summed E-state index contributed by atoms with van der Waals surface area (Å²) in [5.74, 6) is -1.29. The zero-order valence-corrected chi connectivity index (χ0v) is 15.9. The van der Waals surface area contributed by atoms with Crippen LogP contribution in [0.5, 0.6) is 0 Å². The zero-order valence-electron chi connectivity index (χ0n) is 15.9. The Morgan fingerprint density at radius 1 is 1.07 bits per heavy atom. The number of nitrogens with zero attached hydrogens (tertiary/aromatic N) is 5. The molecule has 9 nitrogen and oxygen atoms in total. The van der Waals surface area contributed by atoms with E-state index in [0.29, 0.717) is 43.2 Å². The minimum Gasteiger partial charge on any atom is -0.480 e. The monoisotopic (exact) mass is 395 g/mol. The van der Waals surface area contributed by atoms with Crippen molar-refractivity contribution in [2.24, 2.45) is 7.05 Å². The molecule has 0 amide bonds. The van der Waals surface area contributed by atoms with Gasteiger partial charge in [0.25, 0.3) is 0 Å². The van der Waals surface area contributed by atoms with E-state index in [9.17, 15) is 19.8 Å². The van der Waals surface area contributed by atoms with Crippen molar-refractivity contribution in [2.45, 2.75) is 6.04 Å². The van der Waals surface area contributed by atoms with Crippen molar-refractivity contribution in [1.82, 2.24) is 19.4 Å². The molecule has 0 saturated carbocycles. The van der Waals surface area contributed by atoms with E-state index in [4.69, 9.17) is 0 Å². The van der Waals surface area contributed by atoms with Crippen LogP contribution in [0.4, 0.5) is 5.95 Å². The quantitative estimate of drug-likeness (QED) is 0.670. The van der Waals surface area contributed by atoms with E-state index in [1.807, 2.05) is 9.80 Å². The van der Waals surface area contributed by atoms with Gasteiger partial charge >= 0.3 is 11.9 Å². The Balaban J connectivity index is 1.62. The molecular formula is C20H21N5O4. The van der Waals surface area contributed by atoms with Gasteiger partial charge in [-0.15, -0.1) is 0 Å². The Morgan fingerprint density at radius 3 is 2.38 bits per heavy atom. The third-order valence-electron chi connectivity index (χ3n) is 5.31. The van der Waals surface area contributed by atoms with Crippen LogP contribution in [0.2, 0.25) is 0 Å². The third kappa shape index (κ3) is 3.52. The van der Waals surface area contributed by atoms with Gasteiger partial charge in [0.2, 0.25) is 5.95 Å². The number of benzene rings is 1. The van der Waals surface area contributed by atoms with E-state index in [2.05, 4.69) is 9.97 Å². The Labute approximate surface area is 166 Å². The standard InChI is InChI=1S/C20H21N5O4/c1-23-12-15(14-4-3-13(18(26)27)11-16(14)23)17(19(28)29)24-7-9-25(10-8-24)20-21-5-2-6-22-20/h2-6,11-12,17H,7-10H2,1H3,(H,26,27)(H,28,29). The molecule has 1 fully saturated rings. The summed E-state index contributed by atoms with van der Waals surface area (Å²) in [6.45, 7) is 2.36. The van der Waals surface area contributed by atoms with Crippen LogP contribution in [0, 0.1) is 0 Å². The molecule has 1 saturated heterocycles. The van der Waals surface area contributed by atoms with E-state index in [-0.39, 0.29) is 5.56 Å². The van der Waals surface area contributed by atoms with Gasteiger partial charge in [-0.1, -0.05) is 6.07 Å². The number of fused-ring (bicyclic) bond motifs is 1. The molecule has 3 heterocycles. The number of aromatic nitrogens is 3. The molecule has 9 heteroatoms. The molecule has 0 bridgehead atoms. The first-order valence-corrected chi connectivity index (χ1v) is 9.27. The predicted octanol–water partition coefficient (Wildman–Crippen LogP) is 1.61. The topological polar surface area (TPSA) is 112 Å². The lowest BCUT2D eigenvalue weighted by Gasteiger charge is -2.37. The number of aryl methyl sites for hydroxylation is 1. The number of anilines is 1. The minimum absolute atomic E-state index is 0.175. The van der Waals surface area contributed by atoms with Gasteiger partial charge in [-0.2, -0.15) is 0 Å². The van der Waals surface area contributed by atoms with Crippen LogP contribution in [-0.2, 0) is 11.8 Å². The fourth-order valence-electron chi connectivity index (χ4n) is 3.89. The average molecular weight is 395 g/mol. The van der Waals surface area contributed by atoms with Crippen LogP contribution in [0.1, 0.15) is 22.0 Å². The lowest BCUT2D eigenvalue weighted by Crippen LogP contribution is -2.49. The van der Waals surface area contributed by atoms with Gasteiger partial charge in [-0.3, -0.25) is 9.69 Å². The molecule has 1 atom stereocenters. The van der Waals surface area contributed by atoms with Gasteiger partial charge in [0, 0.05) is 68.3 Å². The van der Waals surface area contributed by atoms with Crippen LogP contribution < -0.4 is 4.90 Å². The van der Waals surface area contributed by atoms with Crippen LogP contribution >= 0.6 is 0 Å². The second-order valence-corrected chi connectivity index (χ2v) is 7.05. The number of carboxylic acids is 2. The van der Waals surface area contributed by atoms with E-state index < -0.39 is 18.0 Å². The number of carbonyl (C=O) groups is 2. The Hall–Kier alpha value is -3.46. The first kappa shape index (κ1) is 18.9. The molecule has 4 rings (SSSR count). The lowest BCUT2D eigenvalue weighted by atomic mass is 10.0. The number of aromatic carboxylic acids is 1. The van der Waals surface area contributed by atoms with Gasteiger partial charge in [0.05, 0.1) is 5.56 Å². The maximum Gasteiger partial charge on any atom is 0.335 e. The van der Waals surface area contributed by atoms with Crippen LogP contribution in [0.3, 0.4) is 0 Å². The van der Waals surface area contributed by atoms with Crippen LogP contribution in [-0.4, -0.2) is 67.8 Å². The number of hydrogen-bond acceptors (Lipinski definition) is 6. The van der Waals surface area contributed by atoms with E-state index in [1.54, 1.807) is 48.4 Å². The van der Waals surface area contributed by atoms with Crippen molar-refractivity contribution >= 4 is 28.8 Å². The molecule has 0 radical (unpaired) electrons.